The van der Waals surface area contributed by atoms with E-state index in [0.717, 1.165) is 11.8 Å². The minimum absolute atomic E-state index is 0.256. The molecule has 150 valence electrons. The highest BCUT2D eigenvalue weighted by Gasteiger charge is 2.17. The topological polar surface area (TPSA) is 138 Å². The average Bonchev–Trinajstić information content (AvgIpc) is 3.12. The standard InChI is InChI=1S/C16H19N5O6S/c1-24-10-5-9(13(26-3)11(6-10)25-2)7-17-14-12-15(19-8-18-12)21-16(20-14)27-28(4,22)23/h5-6,8H,7H2,1-4H3,(H2,17,18,19,20,21). The number of nitrogens with one attached hydrogen (secondary N) is 2. The molecule has 0 amide bonds. The number of H-pyrrole nitrogens is 1. The Morgan fingerprint density at radius 2 is 1.89 bits per heavy atom. The average molecular weight is 409 g/mol. The van der Waals surface area contributed by atoms with Gasteiger partial charge in [0.15, 0.2) is 23.0 Å². The van der Waals surface area contributed by atoms with Crippen molar-refractivity contribution in [3.63, 3.8) is 0 Å². The van der Waals surface area contributed by atoms with Gasteiger partial charge in [0.2, 0.25) is 0 Å². The molecule has 0 atom stereocenters. The SMILES string of the molecule is COc1cc(CNc2nc(OS(C)(=O)=O)nc3nc[nH]c23)c(OC)c(OC)c1. The van der Waals surface area contributed by atoms with Crippen LogP contribution in [0.15, 0.2) is 18.5 Å². The van der Waals surface area contributed by atoms with Crippen LogP contribution in [0.2, 0.25) is 0 Å². The lowest BCUT2D eigenvalue weighted by Crippen LogP contribution is -2.11. The summed E-state index contributed by atoms with van der Waals surface area (Å²) in [6, 6.07) is 3.16. The summed E-state index contributed by atoms with van der Waals surface area (Å²) in [6.07, 6.45) is 2.33. The summed E-state index contributed by atoms with van der Waals surface area (Å²) >= 11 is 0. The van der Waals surface area contributed by atoms with Gasteiger partial charge in [0.1, 0.15) is 11.3 Å². The van der Waals surface area contributed by atoms with Crippen LogP contribution in [0.5, 0.6) is 23.3 Å². The second-order valence-corrected chi connectivity index (χ2v) is 7.19. The monoisotopic (exact) mass is 409 g/mol. The number of aromatic nitrogens is 4. The molecule has 2 N–H and O–H groups in total. The Morgan fingerprint density at radius 1 is 1.11 bits per heavy atom. The van der Waals surface area contributed by atoms with Crippen LogP contribution in [0.25, 0.3) is 11.2 Å². The zero-order chi connectivity index (χ0) is 20.3. The largest absolute Gasteiger partial charge is 0.497 e. The zero-order valence-corrected chi connectivity index (χ0v) is 16.5. The third-order valence-corrected chi connectivity index (χ3v) is 4.15. The molecule has 0 saturated heterocycles. The van der Waals surface area contributed by atoms with Gasteiger partial charge in [0.25, 0.3) is 0 Å². The number of hydrogen-bond donors (Lipinski definition) is 2. The number of imidazole rings is 1. The van der Waals surface area contributed by atoms with Crippen molar-refractivity contribution in [1.29, 1.82) is 0 Å². The Kier molecular flexibility index (Phi) is 5.40. The fraction of sp³-hybridized carbons (Fsp3) is 0.312. The quantitative estimate of drug-likeness (QED) is 0.524. The fourth-order valence-electron chi connectivity index (χ4n) is 2.56. The van der Waals surface area contributed by atoms with E-state index in [0.29, 0.717) is 28.6 Å². The molecule has 3 rings (SSSR count). The molecule has 2 aromatic heterocycles. The number of rotatable bonds is 8. The van der Waals surface area contributed by atoms with Crippen molar-refractivity contribution in [3.8, 4) is 23.3 Å². The molecule has 0 aliphatic rings. The van der Waals surface area contributed by atoms with E-state index in [1.54, 1.807) is 19.2 Å². The molecule has 2 heterocycles. The van der Waals surface area contributed by atoms with Crippen LogP contribution in [-0.4, -0.2) is 55.9 Å². The minimum atomic E-state index is -3.79. The highest BCUT2D eigenvalue weighted by atomic mass is 32.2. The van der Waals surface area contributed by atoms with E-state index in [4.69, 9.17) is 18.4 Å². The minimum Gasteiger partial charge on any atom is -0.497 e. The Bertz CT molecular complexity index is 1100. The number of hydrogen-bond acceptors (Lipinski definition) is 10. The predicted octanol–water partition coefficient (Wildman–Crippen LogP) is 1.33. The molecular weight excluding hydrogens is 390 g/mol. The fourth-order valence-corrected chi connectivity index (χ4v) is 2.90. The maximum absolute atomic E-state index is 11.4. The Balaban J connectivity index is 1.96. The number of aromatic amines is 1. The van der Waals surface area contributed by atoms with Crippen molar-refractivity contribution in [1.82, 2.24) is 19.9 Å². The first-order chi connectivity index (χ1) is 13.3. The van der Waals surface area contributed by atoms with Gasteiger partial charge in [-0.05, 0) is 6.07 Å². The normalized spacial score (nSPS) is 11.3. The predicted molar refractivity (Wildman–Crippen MR) is 101 cm³/mol. The number of nitrogens with zero attached hydrogens (tertiary/aromatic N) is 3. The third-order valence-electron chi connectivity index (χ3n) is 3.70. The lowest BCUT2D eigenvalue weighted by Gasteiger charge is -2.15. The van der Waals surface area contributed by atoms with Crippen LogP contribution in [0.4, 0.5) is 5.82 Å². The molecule has 0 bridgehead atoms. The van der Waals surface area contributed by atoms with Gasteiger partial charge in [-0.3, -0.25) is 0 Å². The van der Waals surface area contributed by atoms with E-state index >= 15 is 0 Å². The summed E-state index contributed by atoms with van der Waals surface area (Å²) in [5.41, 5.74) is 1.48. The zero-order valence-electron chi connectivity index (χ0n) is 15.6. The second kappa shape index (κ2) is 7.76. The Hall–Kier alpha value is -3.28. The van der Waals surface area contributed by atoms with Gasteiger partial charge in [-0.15, -0.1) is 0 Å². The first kappa shape index (κ1) is 19.5. The summed E-state index contributed by atoms with van der Waals surface area (Å²) in [5, 5.41) is 3.11. The van der Waals surface area contributed by atoms with Crippen molar-refractivity contribution >= 4 is 27.1 Å². The molecular formula is C16H19N5O6S. The number of ether oxygens (including phenoxy) is 3. The van der Waals surface area contributed by atoms with Crippen molar-refractivity contribution < 1.29 is 26.8 Å². The van der Waals surface area contributed by atoms with E-state index < -0.39 is 10.1 Å². The smallest absolute Gasteiger partial charge is 0.337 e. The van der Waals surface area contributed by atoms with Crippen LogP contribution >= 0.6 is 0 Å². The highest BCUT2D eigenvalue weighted by Crippen LogP contribution is 2.36. The second-order valence-electron chi connectivity index (χ2n) is 5.62. The van der Waals surface area contributed by atoms with Crippen LogP contribution in [0, 0.1) is 0 Å². The van der Waals surface area contributed by atoms with Crippen molar-refractivity contribution in [2.45, 2.75) is 6.54 Å². The van der Waals surface area contributed by atoms with Crippen LogP contribution < -0.4 is 23.7 Å². The number of methoxy groups -OCH3 is 3. The number of benzene rings is 1. The van der Waals surface area contributed by atoms with Crippen LogP contribution in [0.3, 0.4) is 0 Å². The third kappa shape index (κ3) is 4.17. The summed E-state index contributed by atoms with van der Waals surface area (Å²) in [6.45, 7) is 0.264. The lowest BCUT2D eigenvalue weighted by atomic mass is 10.1. The molecule has 0 fully saturated rings. The number of anilines is 1. The lowest BCUT2D eigenvalue weighted by molar-refractivity contribution is 0.346. The summed E-state index contributed by atoms with van der Waals surface area (Å²) in [7, 11) is 0.823. The van der Waals surface area contributed by atoms with Crippen molar-refractivity contribution in [2.75, 3.05) is 32.9 Å². The van der Waals surface area contributed by atoms with E-state index in [9.17, 15) is 8.42 Å². The molecule has 0 spiro atoms. The van der Waals surface area contributed by atoms with Crippen molar-refractivity contribution in [3.05, 3.63) is 24.0 Å². The molecule has 28 heavy (non-hydrogen) atoms. The summed E-state index contributed by atoms with van der Waals surface area (Å²) in [4.78, 5) is 15.0. The van der Waals surface area contributed by atoms with Crippen molar-refractivity contribution in [2.24, 2.45) is 0 Å². The van der Waals surface area contributed by atoms with Gasteiger partial charge < -0.3 is 28.7 Å². The highest BCUT2D eigenvalue weighted by molar-refractivity contribution is 7.86. The molecule has 0 saturated carbocycles. The first-order valence-corrected chi connectivity index (χ1v) is 9.79. The van der Waals surface area contributed by atoms with E-state index in [2.05, 4.69) is 25.3 Å². The molecule has 0 radical (unpaired) electrons. The van der Waals surface area contributed by atoms with Gasteiger partial charge in [-0.25, -0.2) is 4.98 Å². The summed E-state index contributed by atoms with van der Waals surface area (Å²) < 4.78 is 43.6. The van der Waals surface area contributed by atoms with Gasteiger partial charge in [0, 0.05) is 18.2 Å². The van der Waals surface area contributed by atoms with E-state index in [-0.39, 0.29) is 18.2 Å². The van der Waals surface area contributed by atoms with Gasteiger partial charge in [-0.2, -0.15) is 18.4 Å². The first-order valence-electron chi connectivity index (χ1n) is 7.98. The molecule has 1 aromatic carbocycles. The van der Waals surface area contributed by atoms with Gasteiger partial charge in [0.05, 0.1) is 33.9 Å². The van der Waals surface area contributed by atoms with Crippen LogP contribution in [0.1, 0.15) is 5.56 Å². The number of fused-ring (bicyclic) bond motifs is 1. The van der Waals surface area contributed by atoms with Crippen LogP contribution in [-0.2, 0) is 16.7 Å². The molecule has 3 aromatic rings. The van der Waals surface area contributed by atoms with E-state index in [1.165, 1.54) is 20.5 Å². The van der Waals surface area contributed by atoms with Gasteiger partial charge >= 0.3 is 16.1 Å². The molecule has 11 nitrogen and oxygen atoms in total. The maximum Gasteiger partial charge on any atom is 0.337 e. The summed E-state index contributed by atoms with van der Waals surface area (Å²) in [5.74, 6) is 1.93. The van der Waals surface area contributed by atoms with Gasteiger partial charge in [-0.1, -0.05) is 0 Å². The Morgan fingerprint density at radius 3 is 2.54 bits per heavy atom. The molecule has 0 aliphatic carbocycles. The maximum atomic E-state index is 11.4. The van der Waals surface area contributed by atoms with E-state index in [1.807, 2.05) is 0 Å². The Labute approximate surface area is 161 Å². The molecule has 12 heteroatoms. The molecule has 0 unspecified atom stereocenters. The molecule has 0 aliphatic heterocycles.